The Labute approximate surface area is 319 Å². The van der Waals surface area contributed by atoms with Gasteiger partial charge in [-0.05, 0) is 100 Å². The topological polar surface area (TPSA) is 169 Å². The zero-order chi connectivity index (χ0) is 40.1. The van der Waals surface area contributed by atoms with Crippen molar-refractivity contribution in [2.75, 3.05) is 33.9 Å². The number of para-hydroxylation sites is 1. The summed E-state index contributed by atoms with van der Waals surface area (Å²) in [7, 11) is 3.21. The normalized spacial score (nSPS) is 14.7. The molecule has 1 saturated heterocycles. The van der Waals surface area contributed by atoms with E-state index < -0.39 is 42.2 Å². The summed E-state index contributed by atoms with van der Waals surface area (Å²) in [6.45, 7) is 6.45. The predicted molar refractivity (Wildman–Crippen MR) is 200 cm³/mol. The van der Waals surface area contributed by atoms with E-state index in [0.29, 0.717) is 11.5 Å². The Bertz CT molecular complexity index is 1820. The van der Waals surface area contributed by atoms with E-state index in [1.807, 2.05) is 30.3 Å². The van der Waals surface area contributed by atoms with Crippen LogP contribution in [0, 0.1) is 25.6 Å². The van der Waals surface area contributed by atoms with E-state index in [1.165, 1.54) is 36.4 Å². The minimum Gasteiger partial charge on any atom is -0.493 e. The summed E-state index contributed by atoms with van der Waals surface area (Å²) in [5.74, 6) is -4.35. The standard InChI is InChI=1S/C22H28FNO3.C20H18O8/c1-26-20-5-3-4-19(22(20)27-2)21(25)17-11-14-24(15-12-17)13-10-16-6-8-18(23)9-7-16;1-11-3-7-13(8-4-11)19(25)27-15(17(21)22)16(18(23)24)28-20(26)14-9-5-12(2)6-10-14/h3-9,17,21,25H,10-15H2,1-2H3;3-10,15-16H,1-2H3,(H,21,22)(H,23,24)/t21-;15-,16+/m1./s1. The molecule has 12 nitrogen and oxygen atoms in total. The molecule has 3 atom stereocenters. The van der Waals surface area contributed by atoms with Crippen LogP contribution in [-0.4, -0.2) is 90.2 Å². The molecule has 0 aliphatic carbocycles. The third kappa shape index (κ3) is 11.8. The van der Waals surface area contributed by atoms with E-state index in [1.54, 1.807) is 52.3 Å². The fraction of sp³-hybridized carbons (Fsp3) is 0.333. The van der Waals surface area contributed by atoms with Gasteiger partial charge < -0.3 is 39.2 Å². The monoisotopic (exact) mass is 759 g/mol. The highest BCUT2D eigenvalue weighted by atomic mass is 19.1. The van der Waals surface area contributed by atoms with Gasteiger partial charge in [0.1, 0.15) is 5.82 Å². The molecule has 4 aromatic rings. The number of piperidine rings is 1. The number of benzene rings is 4. The second kappa shape index (κ2) is 20.0. The molecule has 0 bridgehead atoms. The Morgan fingerprint density at radius 1 is 0.727 bits per heavy atom. The minimum absolute atomic E-state index is 0.0332. The van der Waals surface area contributed by atoms with Gasteiger partial charge in [-0.2, -0.15) is 0 Å². The maximum atomic E-state index is 13.0. The van der Waals surface area contributed by atoms with Gasteiger partial charge in [0.05, 0.1) is 31.5 Å². The Balaban J connectivity index is 0.000000245. The summed E-state index contributed by atoms with van der Waals surface area (Å²) >= 11 is 0. The van der Waals surface area contributed by atoms with Gasteiger partial charge in [-0.25, -0.2) is 23.6 Å². The molecule has 0 unspecified atom stereocenters. The average molecular weight is 760 g/mol. The molecule has 5 rings (SSSR count). The van der Waals surface area contributed by atoms with Gasteiger partial charge in [0.2, 0.25) is 12.2 Å². The zero-order valence-electron chi connectivity index (χ0n) is 31.1. The first-order chi connectivity index (χ1) is 26.3. The van der Waals surface area contributed by atoms with Gasteiger partial charge in [0.15, 0.2) is 11.5 Å². The molecule has 292 valence electrons. The van der Waals surface area contributed by atoms with E-state index in [-0.39, 0.29) is 22.9 Å². The van der Waals surface area contributed by atoms with Gasteiger partial charge in [-0.1, -0.05) is 59.7 Å². The molecule has 4 aromatic carbocycles. The number of carbonyl (C=O) groups is 4. The number of aliphatic hydroxyl groups excluding tert-OH is 1. The fourth-order valence-electron chi connectivity index (χ4n) is 6.06. The number of carbonyl (C=O) groups excluding carboxylic acids is 2. The van der Waals surface area contributed by atoms with Crippen molar-refractivity contribution in [3.63, 3.8) is 0 Å². The quantitative estimate of drug-likeness (QED) is 0.127. The number of carboxylic acids is 2. The largest absolute Gasteiger partial charge is 0.493 e. The number of carboxylic acid groups (broad SMARTS) is 2. The van der Waals surface area contributed by atoms with Gasteiger partial charge >= 0.3 is 23.9 Å². The number of hydrogen-bond donors (Lipinski definition) is 3. The van der Waals surface area contributed by atoms with E-state index in [4.69, 9.17) is 18.9 Å². The second-order valence-electron chi connectivity index (χ2n) is 13.1. The van der Waals surface area contributed by atoms with Crippen LogP contribution >= 0.6 is 0 Å². The summed E-state index contributed by atoms with van der Waals surface area (Å²) in [6.07, 6.45) is -2.22. The molecule has 55 heavy (non-hydrogen) atoms. The zero-order valence-corrected chi connectivity index (χ0v) is 31.1. The van der Waals surface area contributed by atoms with Gasteiger partial charge in [0, 0.05) is 12.1 Å². The van der Waals surface area contributed by atoms with E-state index in [2.05, 4.69) is 4.90 Å². The molecular weight excluding hydrogens is 713 g/mol. The molecule has 0 spiro atoms. The number of ether oxygens (including phenoxy) is 4. The first-order valence-electron chi connectivity index (χ1n) is 17.7. The summed E-state index contributed by atoms with van der Waals surface area (Å²) < 4.78 is 33.5. The van der Waals surface area contributed by atoms with Crippen LogP contribution in [0.2, 0.25) is 0 Å². The lowest BCUT2D eigenvalue weighted by molar-refractivity contribution is -0.166. The van der Waals surface area contributed by atoms with Crippen LogP contribution in [0.1, 0.15) is 61.9 Å². The van der Waals surface area contributed by atoms with Gasteiger partial charge in [-0.3, -0.25) is 0 Å². The van der Waals surface area contributed by atoms with Crippen molar-refractivity contribution >= 4 is 23.9 Å². The molecule has 0 aromatic heterocycles. The first-order valence-corrected chi connectivity index (χ1v) is 17.7. The van der Waals surface area contributed by atoms with E-state index in [0.717, 1.165) is 61.2 Å². The summed E-state index contributed by atoms with van der Waals surface area (Å²) in [6, 6.07) is 24.4. The van der Waals surface area contributed by atoms with Crippen molar-refractivity contribution in [2.45, 2.75) is 51.4 Å². The van der Waals surface area contributed by atoms with Gasteiger partial charge in [0.25, 0.3) is 0 Å². The van der Waals surface area contributed by atoms with Crippen molar-refractivity contribution in [2.24, 2.45) is 5.92 Å². The number of aryl methyl sites for hydroxylation is 2. The van der Waals surface area contributed by atoms with Crippen molar-refractivity contribution in [1.82, 2.24) is 4.90 Å². The first kappa shape index (κ1) is 42.0. The molecule has 1 fully saturated rings. The smallest absolute Gasteiger partial charge is 0.349 e. The minimum atomic E-state index is -2.22. The number of esters is 2. The van der Waals surface area contributed by atoms with Crippen LogP contribution in [0.3, 0.4) is 0 Å². The summed E-state index contributed by atoms with van der Waals surface area (Å²) in [5.41, 5.74) is 3.74. The number of rotatable bonds is 14. The highest BCUT2D eigenvalue weighted by Gasteiger charge is 2.41. The van der Waals surface area contributed by atoms with Gasteiger partial charge in [-0.15, -0.1) is 0 Å². The molecule has 1 heterocycles. The SMILES string of the molecule is COc1cccc([C@H](O)C2CCN(CCc3ccc(F)cc3)CC2)c1OC.Cc1ccc(C(=O)O[C@H](C(=O)O)[C@@H](OC(=O)c2ccc(C)cc2)C(=O)O)cc1. The number of likely N-dealkylation sites (tertiary alicyclic amines) is 1. The number of aliphatic carboxylic acids is 2. The van der Waals surface area contributed by atoms with E-state index in [9.17, 15) is 38.9 Å². The molecular formula is C42H46FNO11. The number of hydrogen-bond acceptors (Lipinski definition) is 10. The maximum absolute atomic E-state index is 13.0. The van der Waals surface area contributed by atoms with Crippen molar-refractivity contribution < 1.29 is 57.8 Å². The Morgan fingerprint density at radius 2 is 1.22 bits per heavy atom. The number of nitrogens with zero attached hydrogens (tertiary/aromatic N) is 1. The highest BCUT2D eigenvalue weighted by Crippen LogP contribution is 2.40. The Kier molecular flexibility index (Phi) is 15.3. The van der Waals surface area contributed by atoms with Crippen LogP contribution in [-0.2, 0) is 25.5 Å². The van der Waals surface area contributed by atoms with Crippen molar-refractivity contribution in [3.05, 3.63) is 130 Å². The van der Waals surface area contributed by atoms with Crippen LogP contribution in [0.15, 0.2) is 91.0 Å². The van der Waals surface area contributed by atoms with E-state index >= 15 is 0 Å². The molecule has 13 heteroatoms. The predicted octanol–water partition coefficient (Wildman–Crippen LogP) is 6.05. The number of aliphatic hydroxyl groups is 1. The Morgan fingerprint density at radius 3 is 1.65 bits per heavy atom. The highest BCUT2D eigenvalue weighted by molar-refractivity contribution is 5.95. The summed E-state index contributed by atoms with van der Waals surface area (Å²) in [5, 5.41) is 29.5. The third-order valence-electron chi connectivity index (χ3n) is 9.27. The molecule has 1 aliphatic rings. The molecule has 1 aliphatic heterocycles. The number of methoxy groups -OCH3 is 2. The summed E-state index contributed by atoms with van der Waals surface area (Å²) in [4.78, 5) is 49.8. The maximum Gasteiger partial charge on any atom is 0.349 e. The third-order valence-corrected chi connectivity index (χ3v) is 9.27. The van der Waals surface area contributed by atoms with Crippen LogP contribution < -0.4 is 9.47 Å². The number of halogens is 1. The average Bonchev–Trinajstić information content (AvgIpc) is 3.19. The lowest BCUT2D eigenvalue weighted by Gasteiger charge is -2.34. The molecule has 0 amide bonds. The Hall–Kier alpha value is -5.79. The van der Waals surface area contributed by atoms with Crippen LogP contribution in [0.4, 0.5) is 4.39 Å². The lowest BCUT2D eigenvalue weighted by atomic mass is 9.87. The van der Waals surface area contributed by atoms with Crippen molar-refractivity contribution in [1.29, 1.82) is 0 Å². The lowest BCUT2D eigenvalue weighted by Crippen LogP contribution is -2.45. The van der Waals surface area contributed by atoms with Crippen LogP contribution in [0.5, 0.6) is 11.5 Å². The molecule has 0 saturated carbocycles. The van der Waals surface area contributed by atoms with Crippen LogP contribution in [0.25, 0.3) is 0 Å². The molecule has 3 N–H and O–H groups in total. The van der Waals surface area contributed by atoms with Crippen molar-refractivity contribution in [3.8, 4) is 11.5 Å². The second-order valence-corrected chi connectivity index (χ2v) is 13.1. The molecule has 0 radical (unpaired) electrons. The fourth-order valence-corrected chi connectivity index (χ4v) is 6.06.